The SMILES string of the molecule is O=C(c1ccccc1Cl)c1cc([N+](=O)[O-])ccc1-c1ccco1. The van der Waals surface area contributed by atoms with E-state index in [0.717, 1.165) is 0 Å². The Morgan fingerprint density at radius 3 is 2.48 bits per heavy atom. The minimum Gasteiger partial charge on any atom is -0.464 e. The van der Waals surface area contributed by atoms with Crippen molar-refractivity contribution in [2.45, 2.75) is 0 Å². The first-order chi connectivity index (χ1) is 11.1. The van der Waals surface area contributed by atoms with Crippen LogP contribution in [0, 0.1) is 10.1 Å². The maximum Gasteiger partial charge on any atom is 0.270 e. The summed E-state index contributed by atoms with van der Waals surface area (Å²) in [6.45, 7) is 0. The smallest absolute Gasteiger partial charge is 0.270 e. The number of non-ortho nitro benzene ring substituents is 1. The summed E-state index contributed by atoms with van der Waals surface area (Å²) < 4.78 is 5.32. The zero-order valence-corrected chi connectivity index (χ0v) is 12.5. The van der Waals surface area contributed by atoms with Gasteiger partial charge in [-0.1, -0.05) is 23.7 Å². The van der Waals surface area contributed by atoms with Crippen molar-refractivity contribution in [2.24, 2.45) is 0 Å². The first-order valence-electron chi connectivity index (χ1n) is 6.69. The first-order valence-corrected chi connectivity index (χ1v) is 7.07. The number of halogens is 1. The Kier molecular flexibility index (Phi) is 3.95. The van der Waals surface area contributed by atoms with Crippen LogP contribution in [0.3, 0.4) is 0 Å². The number of rotatable bonds is 4. The topological polar surface area (TPSA) is 73.3 Å². The van der Waals surface area contributed by atoms with Crippen molar-refractivity contribution in [3.63, 3.8) is 0 Å². The molecule has 0 amide bonds. The van der Waals surface area contributed by atoms with Crippen molar-refractivity contribution < 1.29 is 14.1 Å². The molecule has 0 radical (unpaired) electrons. The molecule has 0 N–H and O–H groups in total. The maximum absolute atomic E-state index is 12.8. The quantitative estimate of drug-likeness (QED) is 0.394. The molecular weight excluding hydrogens is 318 g/mol. The van der Waals surface area contributed by atoms with E-state index in [2.05, 4.69) is 0 Å². The molecule has 3 rings (SSSR count). The van der Waals surface area contributed by atoms with Gasteiger partial charge in [-0.05, 0) is 30.3 Å². The second kappa shape index (κ2) is 6.06. The molecule has 1 heterocycles. The molecule has 0 atom stereocenters. The molecule has 0 saturated carbocycles. The lowest BCUT2D eigenvalue weighted by molar-refractivity contribution is -0.384. The van der Waals surface area contributed by atoms with Gasteiger partial charge < -0.3 is 4.42 Å². The van der Waals surface area contributed by atoms with Crippen LogP contribution in [0.4, 0.5) is 5.69 Å². The average molecular weight is 328 g/mol. The van der Waals surface area contributed by atoms with Crippen LogP contribution in [0.1, 0.15) is 15.9 Å². The minimum absolute atomic E-state index is 0.169. The normalized spacial score (nSPS) is 10.5. The Morgan fingerprint density at radius 1 is 1.04 bits per heavy atom. The Bertz CT molecular complexity index is 887. The summed E-state index contributed by atoms with van der Waals surface area (Å²) in [7, 11) is 0. The Labute approximate surface area is 136 Å². The number of carbonyl (C=O) groups excluding carboxylic acids is 1. The van der Waals surface area contributed by atoms with Gasteiger partial charge in [-0.15, -0.1) is 0 Å². The predicted molar refractivity (Wildman–Crippen MR) is 85.7 cm³/mol. The van der Waals surface area contributed by atoms with Crippen molar-refractivity contribution in [3.05, 3.63) is 87.1 Å². The standard InChI is InChI=1S/C17H10ClNO4/c18-15-5-2-1-4-13(15)17(20)14-10-11(19(21)22)7-8-12(14)16-6-3-9-23-16/h1-10H. The average Bonchev–Trinajstić information content (AvgIpc) is 3.08. The number of hydrogen-bond acceptors (Lipinski definition) is 4. The third kappa shape index (κ3) is 2.86. The van der Waals surface area contributed by atoms with Crippen molar-refractivity contribution in [2.75, 3.05) is 0 Å². The van der Waals surface area contributed by atoms with Crippen LogP contribution < -0.4 is 0 Å². The van der Waals surface area contributed by atoms with E-state index in [1.165, 1.54) is 24.5 Å². The molecule has 5 nitrogen and oxygen atoms in total. The highest BCUT2D eigenvalue weighted by Gasteiger charge is 2.21. The number of ketones is 1. The van der Waals surface area contributed by atoms with Gasteiger partial charge in [0.15, 0.2) is 5.78 Å². The molecule has 0 aliphatic rings. The molecule has 0 aliphatic carbocycles. The first kappa shape index (κ1) is 15.0. The lowest BCUT2D eigenvalue weighted by Crippen LogP contribution is -2.05. The van der Waals surface area contributed by atoms with E-state index in [-0.39, 0.29) is 21.8 Å². The Balaban J connectivity index is 2.19. The summed E-state index contributed by atoms with van der Waals surface area (Å²) in [5, 5.41) is 11.3. The van der Waals surface area contributed by atoms with Crippen molar-refractivity contribution in [3.8, 4) is 11.3 Å². The monoisotopic (exact) mass is 327 g/mol. The van der Waals surface area contributed by atoms with Gasteiger partial charge in [-0.2, -0.15) is 0 Å². The third-order valence-corrected chi connectivity index (χ3v) is 3.69. The number of furan rings is 1. The van der Waals surface area contributed by atoms with E-state index in [1.807, 2.05) is 0 Å². The predicted octanol–water partition coefficient (Wildman–Crippen LogP) is 4.74. The second-order valence-corrected chi connectivity index (χ2v) is 5.18. The van der Waals surface area contributed by atoms with Crippen molar-refractivity contribution in [1.82, 2.24) is 0 Å². The van der Waals surface area contributed by atoms with Gasteiger partial charge in [0.05, 0.1) is 16.2 Å². The molecule has 0 saturated heterocycles. The number of carbonyl (C=O) groups is 1. The molecule has 0 aliphatic heterocycles. The van der Waals surface area contributed by atoms with Crippen LogP contribution >= 0.6 is 11.6 Å². The van der Waals surface area contributed by atoms with Crippen LogP contribution in [-0.4, -0.2) is 10.7 Å². The van der Waals surface area contributed by atoms with Crippen LogP contribution in [0.5, 0.6) is 0 Å². The summed E-state index contributed by atoms with van der Waals surface area (Å²) >= 11 is 6.07. The van der Waals surface area contributed by atoms with Crippen LogP contribution in [0.2, 0.25) is 5.02 Å². The van der Waals surface area contributed by atoms with Crippen molar-refractivity contribution in [1.29, 1.82) is 0 Å². The van der Waals surface area contributed by atoms with Gasteiger partial charge in [-0.25, -0.2) is 0 Å². The minimum atomic E-state index is -0.546. The summed E-state index contributed by atoms with van der Waals surface area (Å²) in [6, 6.07) is 14.0. The van der Waals surface area contributed by atoms with Crippen LogP contribution in [0.15, 0.2) is 65.3 Å². The summed E-state index contributed by atoms with van der Waals surface area (Å²) in [5.41, 5.74) is 0.756. The zero-order chi connectivity index (χ0) is 16.4. The van der Waals surface area contributed by atoms with E-state index in [1.54, 1.807) is 36.4 Å². The largest absolute Gasteiger partial charge is 0.464 e. The van der Waals surface area contributed by atoms with Gasteiger partial charge in [0, 0.05) is 28.8 Å². The highest BCUT2D eigenvalue weighted by Crippen LogP contribution is 2.31. The summed E-state index contributed by atoms with van der Waals surface area (Å²) in [4.78, 5) is 23.3. The molecule has 3 aromatic rings. The van der Waals surface area contributed by atoms with Crippen molar-refractivity contribution >= 4 is 23.1 Å². The molecular formula is C17H10ClNO4. The van der Waals surface area contributed by atoms with Crippen LogP contribution in [0.25, 0.3) is 11.3 Å². The zero-order valence-electron chi connectivity index (χ0n) is 11.7. The number of nitro groups is 1. The molecule has 1 aromatic heterocycles. The Morgan fingerprint density at radius 2 is 1.83 bits per heavy atom. The van der Waals surface area contributed by atoms with Gasteiger partial charge >= 0.3 is 0 Å². The molecule has 114 valence electrons. The molecule has 0 bridgehead atoms. The highest BCUT2D eigenvalue weighted by atomic mass is 35.5. The third-order valence-electron chi connectivity index (χ3n) is 3.36. The highest BCUT2D eigenvalue weighted by molar-refractivity contribution is 6.35. The lowest BCUT2D eigenvalue weighted by atomic mass is 9.96. The number of benzene rings is 2. The number of nitro benzene ring substituents is 1. The lowest BCUT2D eigenvalue weighted by Gasteiger charge is -2.08. The van der Waals surface area contributed by atoms with Gasteiger partial charge in [0.2, 0.25) is 0 Å². The maximum atomic E-state index is 12.8. The summed E-state index contributed by atoms with van der Waals surface area (Å²) in [6.07, 6.45) is 1.47. The Hall–Kier alpha value is -2.92. The molecule has 0 fully saturated rings. The molecule has 0 unspecified atom stereocenters. The molecule has 2 aromatic carbocycles. The number of hydrogen-bond donors (Lipinski definition) is 0. The molecule has 23 heavy (non-hydrogen) atoms. The fourth-order valence-electron chi connectivity index (χ4n) is 2.27. The van der Waals surface area contributed by atoms with E-state index in [4.69, 9.17) is 16.0 Å². The fourth-order valence-corrected chi connectivity index (χ4v) is 2.49. The van der Waals surface area contributed by atoms with Gasteiger partial charge in [0.25, 0.3) is 5.69 Å². The second-order valence-electron chi connectivity index (χ2n) is 4.77. The summed E-state index contributed by atoms with van der Waals surface area (Å²) in [5.74, 6) is 0.0565. The van der Waals surface area contributed by atoms with E-state index in [0.29, 0.717) is 11.3 Å². The van der Waals surface area contributed by atoms with E-state index >= 15 is 0 Å². The molecule has 6 heteroatoms. The van der Waals surface area contributed by atoms with E-state index in [9.17, 15) is 14.9 Å². The van der Waals surface area contributed by atoms with Crippen LogP contribution in [-0.2, 0) is 0 Å². The fraction of sp³-hybridized carbons (Fsp3) is 0. The molecule has 0 spiro atoms. The van der Waals surface area contributed by atoms with E-state index < -0.39 is 10.7 Å². The van der Waals surface area contributed by atoms with Gasteiger partial charge in [0.1, 0.15) is 5.76 Å². The van der Waals surface area contributed by atoms with Gasteiger partial charge in [-0.3, -0.25) is 14.9 Å². The number of nitrogens with zero attached hydrogens (tertiary/aromatic N) is 1.